The summed E-state index contributed by atoms with van der Waals surface area (Å²) in [5.41, 5.74) is 1.44. The molecule has 26 heavy (non-hydrogen) atoms. The third kappa shape index (κ3) is 4.70. The molecule has 1 heterocycles. The minimum atomic E-state index is -0.983. The Hall–Kier alpha value is -2.65. The van der Waals surface area contributed by atoms with E-state index in [1.54, 1.807) is 33.4 Å². The number of carbonyl (C=O) groups excluding carboxylic acids is 1. The van der Waals surface area contributed by atoms with Crippen LogP contribution in [0.5, 0.6) is 11.5 Å². The number of methoxy groups -OCH3 is 2. The van der Waals surface area contributed by atoms with E-state index in [9.17, 15) is 9.59 Å². The number of likely N-dealkylation sites (N-methyl/N-ethyl adjacent to an activating group) is 1. The molecule has 1 amide bonds. The largest absolute Gasteiger partial charge is 0.497 e. The van der Waals surface area contributed by atoms with Crippen LogP contribution in [0, 0.1) is 0 Å². The number of thiazole rings is 1. The Balaban J connectivity index is 2.08. The van der Waals surface area contributed by atoms with E-state index in [1.165, 1.54) is 23.2 Å². The highest BCUT2D eigenvalue weighted by molar-refractivity contribution is 7.14. The van der Waals surface area contributed by atoms with E-state index in [-0.39, 0.29) is 12.5 Å². The van der Waals surface area contributed by atoms with Crippen molar-refractivity contribution in [1.82, 2.24) is 9.88 Å². The van der Waals surface area contributed by atoms with Gasteiger partial charge in [-0.25, -0.2) is 4.98 Å². The molecule has 0 saturated heterocycles. The number of benzene rings is 1. The fraction of sp³-hybridized carbons (Fsp3) is 0.353. The molecule has 140 valence electrons. The molecule has 0 aliphatic rings. The molecule has 9 heteroatoms. The van der Waals surface area contributed by atoms with E-state index in [4.69, 9.17) is 14.6 Å². The number of nitrogens with zero attached hydrogens (tertiary/aromatic N) is 2. The minimum Gasteiger partial charge on any atom is -0.497 e. The molecule has 1 atom stereocenters. The smallest absolute Gasteiger partial charge is 0.320 e. The molecule has 2 N–H and O–H groups in total. The summed E-state index contributed by atoms with van der Waals surface area (Å²) in [4.78, 5) is 28.9. The van der Waals surface area contributed by atoms with Crippen LogP contribution in [-0.4, -0.2) is 60.7 Å². The van der Waals surface area contributed by atoms with Gasteiger partial charge in [0.2, 0.25) is 5.91 Å². The number of rotatable bonds is 8. The van der Waals surface area contributed by atoms with Crippen LogP contribution < -0.4 is 14.8 Å². The van der Waals surface area contributed by atoms with Gasteiger partial charge in [0.15, 0.2) is 5.13 Å². The van der Waals surface area contributed by atoms with Gasteiger partial charge in [-0.1, -0.05) is 0 Å². The van der Waals surface area contributed by atoms with E-state index in [1.807, 2.05) is 11.4 Å². The zero-order valence-corrected chi connectivity index (χ0v) is 15.8. The van der Waals surface area contributed by atoms with Crippen LogP contribution in [0.25, 0.3) is 11.3 Å². The lowest BCUT2D eigenvalue weighted by molar-refractivity contribution is -0.142. The van der Waals surface area contributed by atoms with Crippen molar-refractivity contribution in [2.75, 3.05) is 33.1 Å². The molecule has 2 rings (SSSR count). The number of amides is 1. The maximum Gasteiger partial charge on any atom is 0.320 e. The van der Waals surface area contributed by atoms with E-state index in [0.717, 1.165) is 5.56 Å². The van der Waals surface area contributed by atoms with Crippen molar-refractivity contribution in [3.05, 3.63) is 23.6 Å². The molecule has 0 spiro atoms. The number of nitrogens with one attached hydrogen (secondary N) is 1. The zero-order chi connectivity index (χ0) is 19.3. The number of carboxylic acid groups (broad SMARTS) is 1. The van der Waals surface area contributed by atoms with Gasteiger partial charge in [-0.05, 0) is 26.1 Å². The van der Waals surface area contributed by atoms with Crippen molar-refractivity contribution >= 4 is 28.3 Å². The van der Waals surface area contributed by atoms with Gasteiger partial charge in [0, 0.05) is 17.0 Å². The molecular formula is C17H21N3O5S. The normalized spacial score (nSPS) is 11.9. The van der Waals surface area contributed by atoms with Crippen molar-refractivity contribution < 1.29 is 24.2 Å². The summed E-state index contributed by atoms with van der Waals surface area (Å²) in [7, 11) is 4.72. The van der Waals surface area contributed by atoms with Crippen LogP contribution >= 0.6 is 11.3 Å². The predicted molar refractivity (Wildman–Crippen MR) is 99.0 cm³/mol. The molecule has 2 aromatic rings. The van der Waals surface area contributed by atoms with Gasteiger partial charge in [-0.15, -0.1) is 11.3 Å². The van der Waals surface area contributed by atoms with Gasteiger partial charge in [0.05, 0.1) is 26.5 Å². The molecule has 1 aromatic heterocycles. The van der Waals surface area contributed by atoms with Gasteiger partial charge in [-0.2, -0.15) is 0 Å². The summed E-state index contributed by atoms with van der Waals surface area (Å²) in [5.74, 6) is -0.0286. The molecule has 0 saturated carbocycles. The molecule has 0 aliphatic carbocycles. The first-order chi connectivity index (χ1) is 12.3. The second-order valence-corrected chi connectivity index (χ2v) is 6.44. The molecule has 0 fully saturated rings. The number of aliphatic carboxylic acids is 1. The van der Waals surface area contributed by atoms with Gasteiger partial charge in [-0.3, -0.25) is 14.5 Å². The van der Waals surface area contributed by atoms with E-state index >= 15 is 0 Å². The van der Waals surface area contributed by atoms with Crippen LogP contribution in [0.1, 0.15) is 6.92 Å². The summed E-state index contributed by atoms with van der Waals surface area (Å²) in [6.45, 7) is 1.47. The van der Waals surface area contributed by atoms with Crippen molar-refractivity contribution in [3.8, 4) is 22.8 Å². The Morgan fingerprint density at radius 2 is 2.08 bits per heavy atom. The first-order valence-corrected chi connectivity index (χ1v) is 8.64. The molecule has 1 unspecified atom stereocenters. The second kappa shape index (κ2) is 8.63. The van der Waals surface area contributed by atoms with Gasteiger partial charge in [0.25, 0.3) is 0 Å². The fourth-order valence-electron chi connectivity index (χ4n) is 2.18. The van der Waals surface area contributed by atoms with E-state index < -0.39 is 12.0 Å². The number of anilines is 1. The number of hydrogen-bond donors (Lipinski definition) is 2. The second-order valence-electron chi connectivity index (χ2n) is 5.58. The zero-order valence-electron chi connectivity index (χ0n) is 15.0. The van der Waals surface area contributed by atoms with Gasteiger partial charge in [0.1, 0.15) is 17.5 Å². The summed E-state index contributed by atoms with van der Waals surface area (Å²) in [5, 5.41) is 13.9. The first-order valence-electron chi connectivity index (χ1n) is 7.76. The number of aromatic nitrogens is 1. The third-order valence-corrected chi connectivity index (χ3v) is 4.60. The minimum absolute atomic E-state index is 0.0474. The lowest BCUT2D eigenvalue weighted by Gasteiger charge is -2.19. The Labute approximate surface area is 155 Å². The monoisotopic (exact) mass is 379 g/mol. The lowest BCUT2D eigenvalue weighted by Crippen LogP contribution is -2.40. The average molecular weight is 379 g/mol. The Morgan fingerprint density at radius 1 is 1.35 bits per heavy atom. The van der Waals surface area contributed by atoms with Crippen molar-refractivity contribution in [2.24, 2.45) is 0 Å². The average Bonchev–Trinajstić information content (AvgIpc) is 3.08. The predicted octanol–water partition coefficient (Wildman–Crippen LogP) is 2.17. The molecule has 8 nitrogen and oxygen atoms in total. The summed E-state index contributed by atoms with van der Waals surface area (Å²) >= 11 is 1.28. The van der Waals surface area contributed by atoms with Crippen LogP contribution in [0.15, 0.2) is 23.6 Å². The molecule has 0 bridgehead atoms. The van der Waals surface area contributed by atoms with Crippen molar-refractivity contribution in [1.29, 1.82) is 0 Å². The topological polar surface area (TPSA) is 101 Å². The highest BCUT2D eigenvalue weighted by Crippen LogP contribution is 2.34. The summed E-state index contributed by atoms with van der Waals surface area (Å²) in [6, 6.07) is 4.64. The van der Waals surface area contributed by atoms with Crippen molar-refractivity contribution in [3.63, 3.8) is 0 Å². The Bertz CT molecular complexity index is 792. The standard InChI is InChI=1S/C17H21N3O5S/c1-10(16(22)23)20(2)8-15(21)19-17-18-13(9-26-17)12-6-5-11(24-3)7-14(12)25-4/h5-7,9-10H,8H2,1-4H3,(H,22,23)(H,18,19,21). The van der Waals surface area contributed by atoms with Crippen LogP contribution in [0.4, 0.5) is 5.13 Å². The molecule has 0 aliphatic heterocycles. The molecule has 1 aromatic carbocycles. The van der Waals surface area contributed by atoms with Crippen LogP contribution in [0.3, 0.4) is 0 Å². The first kappa shape index (κ1) is 19.7. The Kier molecular flexibility index (Phi) is 6.53. The van der Waals surface area contributed by atoms with E-state index in [2.05, 4.69) is 10.3 Å². The van der Waals surface area contributed by atoms with Crippen LogP contribution in [-0.2, 0) is 9.59 Å². The molecule has 0 radical (unpaired) electrons. The lowest BCUT2D eigenvalue weighted by atomic mass is 10.1. The highest BCUT2D eigenvalue weighted by Gasteiger charge is 2.20. The summed E-state index contributed by atoms with van der Waals surface area (Å²) < 4.78 is 10.5. The maximum absolute atomic E-state index is 12.1. The number of carbonyl (C=O) groups is 2. The Morgan fingerprint density at radius 3 is 2.69 bits per heavy atom. The third-order valence-electron chi connectivity index (χ3n) is 3.85. The van der Waals surface area contributed by atoms with Crippen molar-refractivity contribution in [2.45, 2.75) is 13.0 Å². The highest BCUT2D eigenvalue weighted by atomic mass is 32.1. The van der Waals surface area contributed by atoms with Gasteiger partial charge >= 0.3 is 5.97 Å². The quantitative estimate of drug-likeness (QED) is 0.725. The van der Waals surface area contributed by atoms with Gasteiger partial charge < -0.3 is 19.9 Å². The number of carboxylic acids is 1. The maximum atomic E-state index is 12.1. The molecular weight excluding hydrogens is 358 g/mol. The van der Waals surface area contributed by atoms with Crippen LogP contribution in [0.2, 0.25) is 0 Å². The summed E-state index contributed by atoms with van der Waals surface area (Å²) in [6.07, 6.45) is 0. The number of hydrogen-bond acceptors (Lipinski definition) is 7. The SMILES string of the molecule is COc1ccc(-c2csc(NC(=O)CN(C)C(C)C(=O)O)n2)c(OC)c1. The van der Waals surface area contributed by atoms with E-state index in [0.29, 0.717) is 22.3 Å². The fourth-order valence-corrected chi connectivity index (χ4v) is 2.90. The number of ether oxygens (including phenoxy) is 2.